The molecule has 1 aromatic rings. The molecule has 0 aromatic carbocycles. The van der Waals surface area contributed by atoms with Crippen molar-refractivity contribution in [2.45, 2.75) is 42.7 Å². The standard InChI is InChI=1S/C13H18N2O6S/c1-14-22(19,20)11-5-4-9(21-11)12(18)15-13(8-10(16)17)6-2-3-7-13/h4-5,14H,2-3,6-8H2,1H3,(H,15,18)(H,16,17). The van der Waals surface area contributed by atoms with E-state index < -0.39 is 27.4 Å². The number of rotatable bonds is 6. The van der Waals surface area contributed by atoms with Gasteiger partial charge in [0.05, 0.1) is 12.0 Å². The molecular weight excluding hydrogens is 312 g/mol. The number of carbonyl (C=O) groups excluding carboxylic acids is 1. The third-order valence-corrected chi connectivity index (χ3v) is 5.05. The Balaban J connectivity index is 2.16. The number of aliphatic carboxylic acids is 1. The second-order valence-corrected chi connectivity index (χ2v) is 7.16. The monoisotopic (exact) mass is 330 g/mol. The van der Waals surface area contributed by atoms with Crippen LogP contribution in [0.5, 0.6) is 0 Å². The molecule has 122 valence electrons. The Bertz CT molecular complexity index is 672. The SMILES string of the molecule is CNS(=O)(=O)c1ccc(C(=O)NC2(CC(=O)O)CCCC2)o1. The fraction of sp³-hybridized carbons (Fsp3) is 0.538. The van der Waals surface area contributed by atoms with Crippen LogP contribution in [0, 0.1) is 0 Å². The predicted molar refractivity (Wildman–Crippen MR) is 75.9 cm³/mol. The second kappa shape index (κ2) is 6.09. The maximum atomic E-state index is 12.2. The fourth-order valence-electron chi connectivity index (χ4n) is 2.68. The molecule has 3 N–H and O–H groups in total. The number of amides is 1. The summed E-state index contributed by atoms with van der Waals surface area (Å²) in [5, 5.41) is 11.3. The number of furan rings is 1. The molecule has 1 amide bonds. The molecule has 0 atom stereocenters. The predicted octanol–water partition coefficient (Wildman–Crippen LogP) is 0.705. The minimum Gasteiger partial charge on any atom is -0.481 e. The van der Waals surface area contributed by atoms with E-state index in [1.165, 1.54) is 19.2 Å². The van der Waals surface area contributed by atoms with Crippen LogP contribution in [0.4, 0.5) is 0 Å². The van der Waals surface area contributed by atoms with Gasteiger partial charge in [-0.25, -0.2) is 13.1 Å². The quantitative estimate of drug-likeness (QED) is 0.705. The molecule has 8 nitrogen and oxygen atoms in total. The Morgan fingerprint density at radius 3 is 2.50 bits per heavy atom. The smallest absolute Gasteiger partial charge is 0.305 e. The highest BCUT2D eigenvalue weighted by molar-refractivity contribution is 7.89. The first-order valence-electron chi connectivity index (χ1n) is 6.86. The van der Waals surface area contributed by atoms with Gasteiger partial charge in [-0.05, 0) is 32.0 Å². The number of carboxylic acid groups (broad SMARTS) is 1. The van der Waals surface area contributed by atoms with Crippen LogP contribution in [0.2, 0.25) is 0 Å². The number of sulfonamides is 1. The lowest BCUT2D eigenvalue weighted by Gasteiger charge is -2.28. The topological polar surface area (TPSA) is 126 Å². The second-order valence-electron chi connectivity index (χ2n) is 5.34. The highest BCUT2D eigenvalue weighted by atomic mass is 32.2. The van der Waals surface area contributed by atoms with Gasteiger partial charge in [0.25, 0.3) is 15.9 Å². The Morgan fingerprint density at radius 1 is 1.32 bits per heavy atom. The summed E-state index contributed by atoms with van der Waals surface area (Å²) in [6.07, 6.45) is 2.66. The maximum absolute atomic E-state index is 12.2. The first-order valence-corrected chi connectivity index (χ1v) is 8.34. The molecule has 0 radical (unpaired) electrons. The van der Waals surface area contributed by atoms with Gasteiger partial charge in [0.15, 0.2) is 5.76 Å². The number of carboxylic acids is 1. The lowest BCUT2D eigenvalue weighted by Crippen LogP contribution is -2.47. The van der Waals surface area contributed by atoms with Gasteiger partial charge in [0.1, 0.15) is 0 Å². The molecule has 2 rings (SSSR count). The molecule has 9 heteroatoms. The van der Waals surface area contributed by atoms with Gasteiger partial charge in [-0.3, -0.25) is 9.59 Å². The third kappa shape index (κ3) is 3.47. The first kappa shape index (κ1) is 16.5. The number of nitrogens with one attached hydrogen (secondary N) is 2. The van der Waals surface area contributed by atoms with Gasteiger partial charge < -0.3 is 14.8 Å². The van der Waals surface area contributed by atoms with Crippen molar-refractivity contribution < 1.29 is 27.5 Å². The summed E-state index contributed by atoms with van der Waals surface area (Å²) in [6, 6.07) is 2.43. The fourth-order valence-corrected chi connectivity index (χ4v) is 3.32. The van der Waals surface area contributed by atoms with Crippen molar-refractivity contribution in [3.05, 3.63) is 17.9 Å². The molecule has 1 heterocycles. The van der Waals surface area contributed by atoms with Crippen molar-refractivity contribution in [3.63, 3.8) is 0 Å². The van der Waals surface area contributed by atoms with Crippen LogP contribution in [0.1, 0.15) is 42.7 Å². The van der Waals surface area contributed by atoms with E-state index in [1.807, 2.05) is 0 Å². The van der Waals surface area contributed by atoms with E-state index in [0.717, 1.165) is 12.8 Å². The summed E-state index contributed by atoms with van der Waals surface area (Å²) in [7, 11) is -2.53. The Hall–Kier alpha value is -1.87. The zero-order valence-electron chi connectivity index (χ0n) is 12.1. The Morgan fingerprint density at radius 2 is 1.95 bits per heavy atom. The van der Waals surface area contributed by atoms with E-state index in [1.54, 1.807) is 0 Å². The van der Waals surface area contributed by atoms with Crippen molar-refractivity contribution >= 4 is 21.9 Å². The summed E-state index contributed by atoms with van der Waals surface area (Å²) < 4.78 is 30.3. The maximum Gasteiger partial charge on any atom is 0.305 e. The molecule has 1 aliphatic rings. The van der Waals surface area contributed by atoms with Crippen molar-refractivity contribution in [3.8, 4) is 0 Å². The van der Waals surface area contributed by atoms with Gasteiger partial charge in [-0.15, -0.1) is 0 Å². The number of hydrogen-bond acceptors (Lipinski definition) is 5. The van der Waals surface area contributed by atoms with Crippen LogP contribution in [0.3, 0.4) is 0 Å². The average molecular weight is 330 g/mol. The van der Waals surface area contributed by atoms with E-state index in [2.05, 4.69) is 10.0 Å². The molecule has 0 saturated heterocycles. The minimum atomic E-state index is -3.76. The molecule has 1 aliphatic carbocycles. The van der Waals surface area contributed by atoms with Gasteiger partial charge >= 0.3 is 5.97 Å². The highest BCUT2D eigenvalue weighted by Crippen LogP contribution is 2.33. The lowest BCUT2D eigenvalue weighted by atomic mass is 9.93. The number of carbonyl (C=O) groups is 2. The number of hydrogen-bond donors (Lipinski definition) is 3. The van der Waals surface area contributed by atoms with Crippen molar-refractivity contribution in [2.75, 3.05) is 7.05 Å². The van der Waals surface area contributed by atoms with Crippen LogP contribution < -0.4 is 10.0 Å². The molecular formula is C13H18N2O6S. The average Bonchev–Trinajstić information content (AvgIpc) is 3.07. The van der Waals surface area contributed by atoms with E-state index in [4.69, 9.17) is 9.52 Å². The van der Waals surface area contributed by atoms with Crippen LogP contribution in [-0.4, -0.2) is 38.0 Å². The largest absolute Gasteiger partial charge is 0.481 e. The van der Waals surface area contributed by atoms with Gasteiger partial charge in [0, 0.05) is 0 Å². The van der Waals surface area contributed by atoms with E-state index >= 15 is 0 Å². The molecule has 0 unspecified atom stereocenters. The first-order chi connectivity index (χ1) is 10.3. The molecule has 1 fully saturated rings. The van der Waals surface area contributed by atoms with E-state index in [9.17, 15) is 18.0 Å². The van der Waals surface area contributed by atoms with Crippen LogP contribution >= 0.6 is 0 Å². The van der Waals surface area contributed by atoms with Gasteiger partial charge in [-0.2, -0.15) is 0 Å². The minimum absolute atomic E-state index is 0.162. The molecule has 0 aliphatic heterocycles. The summed E-state index contributed by atoms with van der Waals surface area (Å²) in [5.74, 6) is -1.76. The summed E-state index contributed by atoms with van der Waals surface area (Å²) >= 11 is 0. The van der Waals surface area contributed by atoms with Crippen molar-refractivity contribution in [2.24, 2.45) is 0 Å². The van der Waals surface area contributed by atoms with Crippen molar-refractivity contribution in [1.82, 2.24) is 10.0 Å². The zero-order chi connectivity index (χ0) is 16.4. The van der Waals surface area contributed by atoms with Crippen LogP contribution in [0.15, 0.2) is 21.6 Å². The van der Waals surface area contributed by atoms with Gasteiger partial charge in [0.2, 0.25) is 5.09 Å². The van der Waals surface area contributed by atoms with E-state index in [-0.39, 0.29) is 17.3 Å². The molecule has 0 bridgehead atoms. The summed E-state index contributed by atoms with van der Waals surface area (Å²) in [6.45, 7) is 0. The molecule has 22 heavy (non-hydrogen) atoms. The van der Waals surface area contributed by atoms with Crippen LogP contribution in [-0.2, 0) is 14.8 Å². The lowest BCUT2D eigenvalue weighted by molar-refractivity contribution is -0.138. The highest BCUT2D eigenvalue weighted by Gasteiger charge is 2.38. The van der Waals surface area contributed by atoms with Crippen molar-refractivity contribution in [1.29, 1.82) is 0 Å². The molecule has 1 aromatic heterocycles. The summed E-state index contributed by atoms with van der Waals surface area (Å²) in [5.41, 5.74) is -0.794. The van der Waals surface area contributed by atoms with Crippen LogP contribution in [0.25, 0.3) is 0 Å². The Kier molecular flexibility index (Phi) is 4.57. The zero-order valence-corrected chi connectivity index (χ0v) is 12.9. The van der Waals surface area contributed by atoms with Gasteiger partial charge in [-0.1, -0.05) is 12.8 Å². The third-order valence-electron chi connectivity index (χ3n) is 3.77. The van der Waals surface area contributed by atoms with E-state index in [0.29, 0.717) is 12.8 Å². The Labute approximate surface area is 127 Å². The molecule has 0 spiro atoms. The summed E-state index contributed by atoms with van der Waals surface area (Å²) in [4.78, 5) is 23.2. The molecule has 1 saturated carbocycles. The normalized spacial score (nSPS) is 17.3.